The molecule has 4 N–H and O–H groups in total. The third-order valence-corrected chi connectivity index (χ3v) is 4.96. The number of amides is 1. The standard InChI is InChI=1S/C13H19N5OS2/c1-3-15-12(19)10-9(14)11(20-2)13(21-10)16-6-8-18-7-4-5-17-18/h4-5,7,16H,3,6,8,14H2,1-2H3,(H,15,19). The van der Waals surface area contributed by atoms with Gasteiger partial charge in [-0.05, 0) is 19.2 Å². The van der Waals surface area contributed by atoms with E-state index in [9.17, 15) is 4.79 Å². The molecule has 0 atom stereocenters. The average molecular weight is 325 g/mol. The van der Waals surface area contributed by atoms with Crippen LogP contribution < -0.4 is 16.4 Å². The molecule has 0 aliphatic rings. The lowest BCUT2D eigenvalue weighted by atomic mass is 10.3. The van der Waals surface area contributed by atoms with Crippen LogP contribution in [0.3, 0.4) is 0 Å². The molecule has 0 fully saturated rings. The summed E-state index contributed by atoms with van der Waals surface area (Å²) < 4.78 is 1.85. The lowest BCUT2D eigenvalue weighted by molar-refractivity contribution is 0.0960. The van der Waals surface area contributed by atoms with Crippen LogP contribution in [0.25, 0.3) is 0 Å². The van der Waals surface area contributed by atoms with E-state index >= 15 is 0 Å². The van der Waals surface area contributed by atoms with Crippen LogP contribution in [0.4, 0.5) is 10.7 Å². The first-order valence-corrected chi connectivity index (χ1v) is 8.67. The van der Waals surface area contributed by atoms with Gasteiger partial charge in [-0.3, -0.25) is 9.48 Å². The molecule has 8 heteroatoms. The van der Waals surface area contributed by atoms with Crippen LogP contribution in [-0.2, 0) is 6.54 Å². The first-order chi connectivity index (χ1) is 10.2. The molecule has 1 amide bonds. The van der Waals surface area contributed by atoms with Crippen LogP contribution in [0.1, 0.15) is 16.6 Å². The Hall–Kier alpha value is -1.67. The van der Waals surface area contributed by atoms with Crippen LogP contribution >= 0.6 is 23.1 Å². The Morgan fingerprint density at radius 2 is 2.38 bits per heavy atom. The zero-order valence-corrected chi connectivity index (χ0v) is 13.7. The Morgan fingerprint density at radius 3 is 3.00 bits per heavy atom. The van der Waals surface area contributed by atoms with Crippen LogP contribution in [0.2, 0.25) is 0 Å². The summed E-state index contributed by atoms with van der Waals surface area (Å²) in [4.78, 5) is 13.5. The molecule has 0 aliphatic heterocycles. The van der Waals surface area contributed by atoms with Gasteiger partial charge in [0.15, 0.2) is 0 Å². The molecule has 0 radical (unpaired) electrons. The molecule has 0 spiro atoms. The molecule has 2 aromatic rings. The number of hydrogen-bond acceptors (Lipinski definition) is 6. The number of hydrogen-bond donors (Lipinski definition) is 3. The van der Waals surface area contributed by atoms with Crippen molar-refractivity contribution >= 4 is 39.7 Å². The Labute approximate surface area is 132 Å². The van der Waals surface area contributed by atoms with Gasteiger partial charge in [0.25, 0.3) is 5.91 Å². The molecule has 2 rings (SSSR count). The van der Waals surface area contributed by atoms with E-state index in [4.69, 9.17) is 5.73 Å². The zero-order chi connectivity index (χ0) is 15.2. The molecular weight excluding hydrogens is 306 g/mol. The summed E-state index contributed by atoms with van der Waals surface area (Å²) >= 11 is 2.94. The molecule has 0 aliphatic carbocycles. The number of nitrogens with one attached hydrogen (secondary N) is 2. The minimum Gasteiger partial charge on any atom is -0.396 e. The van der Waals surface area contributed by atoms with E-state index in [0.717, 1.165) is 23.0 Å². The maximum absolute atomic E-state index is 12.0. The van der Waals surface area contributed by atoms with E-state index in [0.29, 0.717) is 17.1 Å². The fourth-order valence-corrected chi connectivity index (χ4v) is 3.85. The fraction of sp³-hybridized carbons (Fsp3) is 0.385. The molecule has 21 heavy (non-hydrogen) atoms. The highest BCUT2D eigenvalue weighted by molar-refractivity contribution is 7.99. The van der Waals surface area contributed by atoms with E-state index in [1.807, 2.05) is 30.1 Å². The largest absolute Gasteiger partial charge is 0.396 e. The van der Waals surface area contributed by atoms with Gasteiger partial charge < -0.3 is 16.4 Å². The van der Waals surface area contributed by atoms with Gasteiger partial charge in [0.1, 0.15) is 9.88 Å². The minimum absolute atomic E-state index is 0.115. The number of carbonyl (C=O) groups excluding carboxylic acids is 1. The second-order valence-electron chi connectivity index (χ2n) is 4.26. The van der Waals surface area contributed by atoms with Crippen molar-refractivity contribution < 1.29 is 4.79 Å². The molecular formula is C13H19N5OS2. The number of aromatic nitrogens is 2. The highest BCUT2D eigenvalue weighted by Gasteiger charge is 2.19. The highest BCUT2D eigenvalue weighted by atomic mass is 32.2. The van der Waals surface area contributed by atoms with Crippen LogP contribution in [0.5, 0.6) is 0 Å². The fourth-order valence-electron chi connectivity index (χ4n) is 1.87. The van der Waals surface area contributed by atoms with E-state index < -0.39 is 0 Å². The van der Waals surface area contributed by atoms with E-state index in [2.05, 4.69) is 15.7 Å². The van der Waals surface area contributed by atoms with E-state index in [-0.39, 0.29) is 5.91 Å². The quantitative estimate of drug-likeness (QED) is 0.679. The van der Waals surface area contributed by atoms with Crippen LogP contribution in [0, 0.1) is 0 Å². The summed E-state index contributed by atoms with van der Waals surface area (Å²) in [7, 11) is 0. The van der Waals surface area contributed by atoms with Crippen molar-refractivity contribution in [2.45, 2.75) is 18.4 Å². The predicted molar refractivity (Wildman–Crippen MR) is 89.2 cm³/mol. The topological polar surface area (TPSA) is 85.0 Å². The van der Waals surface area contributed by atoms with Crippen LogP contribution in [0.15, 0.2) is 23.4 Å². The Balaban J connectivity index is 2.07. The summed E-state index contributed by atoms with van der Waals surface area (Å²) in [5.74, 6) is -0.115. The molecule has 0 unspecified atom stereocenters. The van der Waals surface area contributed by atoms with Crippen LogP contribution in [-0.4, -0.2) is 35.0 Å². The summed E-state index contributed by atoms with van der Waals surface area (Å²) in [6.45, 7) is 3.96. The molecule has 0 bridgehead atoms. The third-order valence-electron chi connectivity index (χ3n) is 2.83. The zero-order valence-electron chi connectivity index (χ0n) is 12.0. The molecule has 6 nitrogen and oxygen atoms in total. The van der Waals surface area contributed by atoms with Crippen molar-refractivity contribution in [2.75, 3.05) is 30.4 Å². The van der Waals surface area contributed by atoms with E-state index in [1.165, 1.54) is 11.3 Å². The van der Waals surface area contributed by atoms with E-state index in [1.54, 1.807) is 18.0 Å². The highest BCUT2D eigenvalue weighted by Crippen LogP contribution is 2.41. The van der Waals surface area contributed by atoms with Crippen molar-refractivity contribution in [3.05, 3.63) is 23.3 Å². The molecule has 2 aromatic heterocycles. The van der Waals surface area contributed by atoms with Gasteiger partial charge in [-0.1, -0.05) is 0 Å². The number of carbonyl (C=O) groups is 1. The smallest absolute Gasteiger partial charge is 0.263 e. The molecule has 0 aromatic carbocycles. The maximum Gasteiger partial charge on any atom is 0.263 e. The van der Waals surface area contributed by atoms with Gasteiger partial charge in [0, 0.05) is 25.5 Å². The van der Waals surface area contributed by atoms with Gasteiger partial charge in [-0.25, -0.2) is 0 Å². The second-order valence-corrected chi connectivity index (χ2v) is 6.10. The van der Waals surface area contributed by atoms with Gasteiger partial charge in [0.05, 0.1) is 17.1 Å². The molecule has 114 valence electrons. The van der Waals surface area contributed by atoms with Gasteiger partial charge in [-0.2, -0.15) is 5.10 Å². The third kappa shape index (κ3) is 3.70. The maximum atomic E-state index is 12.0. The molecule has 0 saturated carbocycles. The first kappa shape index (κ1) is 15.7. The lowest BCUT2D eigenvalue weighted by Gasteiger charge is -2.06. The number of nitrogen functional groups attached to an aromatic ring is 1. The summed E-state index contributed by atoms with van der Waals surface area (Å²) in [6.07, 6.45) is 5.63. The second kappa shape index (κ2) is 7.37. The monoisotopic (exact) mass is 325 g/mol. The normalized spacial score (nSPS) is 10.6. The average Bonchev–Trinajstić information content (AvgIpc) is 3.07. The Kier molecular flexibility index (Phi) is 5.51. The lowest BCUT2D eigenvalue weighted by Crippen LogP contribution is -2.22. The van der Waals surface area contributed by atoms with Crippen molar-refractivity contribution in [1.82, 2.24) is 15.1 Å². The Morgan fingerprint density at radius 1 is 1.57 bits per heavy atom. The predicted octanol–water partition coefficient (Wildman–Crippen LogP) is 2.11. The summed E-state index contributed by atoms with van der Waals surface area (Å²) in [6, 6.07) is 1.89. The van der Waals surface area contributed by atoms with Crippen molar-refractivity contribution in [1.29, 1.82) is 0 Å². The number of thioether (sulfide) groups is 1. The number of nitrogens with zero attached hydrogens (tertiary/aromatic N) is 2. The number of anilines is 2. The van der Waals surface area contributed by atoms with Gasteiger partial charge in [0.2, 0.25) is 0 Å². The van der Waals surface area contributed by atoms with Gasteiger partial charge in [-0.15, -0.1) is 23.1 Å². The summed E-state index contributed by atoms with van der Waals surface area (Å²) in [5, 5.41) is 11.2. The minimum atomic E-state index is -0.115. The van der Waals surface area contributed by atoms with Crippen molar-refractivity contribution in [3.63, 3.8) is 0 Å². The number of thiophene rings is 1. The Bertz CT molecular complexity index is 594. The number of nitrogens with two attached hydrogens (primary N) is 1. The first-order valence-electron chi connectivity index (χ1n) is 6.63. The molecule has 0 saturated heterocycles. The molecule has 2 heterocycles. The van der Waals surface area contributed by atoms with Crippen molar-refractivity contribution in [3.8, 4) is 0 Å². The summed E-state index contributed by atoms with van der Waals surface area (Å²) in [5.41, 5.74) is 6.64. The van der Waals surface area contributed by atoms with Gasteiger partial charge >= 0.3 is 0 Å². The van der Waals surface area contributed by atoms with Crippen molar-refractivity contribution in [2.24, 2.45) is 0 Å². The number of rotatable bonds is 7. The SMILES string of the molecule is CCNC(=O)c1sc(NCCn2cccn2)c(SC)c1N.